The van der Waals surface area contributed by atoms with E-state index in [4.69, 9.17) is 0 Å². The highest BCUT2D eigenvalue weighted by molar-refractivity contribution is 7.89. The Morgan fingerprint density at radius 1 is 1.37 bits per heavy atom. The molecule has 0 aliphatic carbocycles. The molecule has 0 saturated heterocycles. The van der Waals surface area contributed by atoms with E-state index >= 15 is 0 Å². The number of halogens is 1. The molecule has 0 amide bonds. The molecule has 4 nitrogen and oxygen atoms in total. The van der Waals surface area contributed by atoms with Crippen LogP contribution in [0.25, 0.3) is 0 Å². The lowest BCUT2D eigenvalue weighted by molar-refractivity contribution is 0.0677. The van der Waals surface area contributed by atoms with Gasteiger partial charge in [0.2, 0.25) is 10.0 Å². The second kappa shape index (κ2) is 5.56. The number of benzene rings is 1. The third-order valence-corrected chi connectivity index (χ3v) is 4.54. The van der Waals surface area contributed by atoms with Crippen LogP contribution >= 0.6 is 0 Å². The van der Waals surface area contributed by atoms with E-state index < -0.39 is 27.4 Å². The number of hydrogen-bond acceptors (Lipinski definition) is 3. The average Bonchev–Trinajstić information content (AvgIpc) is 2.28. The van der Waals surface area contributed by atoms with Gasteiger partial charge in [0.05, 0.1) is 11.0 Å². The summed E-state index contributed by atoms with van der Waals surface area (Å²) in [7, 11) is -3.82. The Kier molecular flexibility index (Phi) is 4.71. The van der Waals surface area contributed by atoms with Gasteiger partial charge in [-0.15, -0.1) is 0 Å². The molecule has 6 heteroatoms. The Bertz CT molecular complexity index is 549. The van der Waals surface area contributed by atoms with Crippen LogP contribution in [-0.2, 0) is 10.0 Å². The van der Waals surface area contributed by atoms with Crippen LogP contribution in [0.5, 0.6) is 0 Å². The molecule has 0 fully saturated rings. The van der Waals surface area contributed by atoms with E-state index in [-0.39, 0.29) is 17.0 Å². The number of aliphatic hydroxyl groups excluding tert-OH is 1. The summed E-state index contributed by atoms with van der Waals surface area (Å²) < 4.78 is 39.8. The first-order valence-electron chi connectivity index (χ1n) is 5.98. The zero-order valence-corrected chi connectivity index (χ0v) is 12.4. The van der Waals surface area contributed by atoms with E-state index in [9.17, 15) is 17.9 Å². The molecule has 0 radical (unpaired) electrons. The molecule has 1 unspecified atom stereocenters. The van der Waals surface area contributed by atoms with E-state index in [1.165, 1.54) is 25.1 Å². The molecule has 0 spiro atoms. The highest BCUT2D eigenvalue weighted by atomic mass is 32.2. The van der Waals surface area contributed by atoms with E-state index in [2.05, 4.69) is 4.72 Å². The molecule has 19 heavy (non-hydrogen) atoms. The number of hydrogen-bond donors (Lipinski definition) is 2. The fourth-order valence-electron chi connectivity index (χ4n) is 1.45. The molecule has 1 rings (SSSR count). The molecular formula is C13H20FNO3S. The Hall–Kier alpha value is -0.980. The number of aliphatic hydroxyl groups is 1. The van der Waals surface area contributed by atoms with Gasteiger partial charge < -0.3 is 5.11 Å². The topological polar surface area (TPSA) is 66.4 Å². The third kappa shape index (κ3) is 3.99. The molecule has 108 valence electrons. The second-order valence-corrected chi connectivity index (χ2v) is 7.33. The Morgan fingerprint density at radius 2 is 1.95 bits per heavy atom. The lowest BCUT2D eigenvalue weighted by Crippen LogP contribution is -2.39. The summed E-state index contributed by atoms with van der Waals surface area (Å²) in [6, 6.07) is 3.89. The van der Waals surface area contributed by atoms with Crippen LogP contribution < -0.4 is 4.72 Å². The minimum absolute atomic E-state index is 0.0697. The van der Waals surface area contributed by atoms with Gasteiger partial charge in [-0.05, 0) is 24.5 Å². The lowest BCUT2D eigenvalue weighted by Gasteiger charge is -2.26. The van der Waals surface area contributed by atoms with Crippen molar-refractivity contribution < 1.29 is 17.9 Å². The number of sulfonamides is 1. The standard InChI is InChI=1S/C13H20FNO3S/c1-9-10(14)6-5-7-11(9)19(17,18)15-8-12(16)13(2,3)4/h5-7,12,15-16H,8H2,1-4H3. The van der Waals surface area contributed by atoms with Gasteiger partial charge in [0.25, 0.3) is 0 Å². The van der Waals surface area contributed by atoms with Crippen molar-refractivity contribution in [2.45, 2.75) is 38.7 Å². The van der Waals surface area contributed by atoms with Crippen molar-refractivity contribution in [3.8, 4) is 0 Å². The van der Waals surface area contributed by atoms with Gasteiger partial charge in [-0.3, -0.25) is 0 Å². The maximum atomic E-state index is 13.4. The largest absolute Gasteiger partial charge is 0.391 e. The molecule has 0 heterocycles. The molecule has 0 aliphatic rings. The van der Waals surface area contributed by atoms with Gasteiger partial charge >= 0.3 is 0 Å². The first-order chi connectivity index (χ1) is 8.55. The Balaban J connectivity index is 2.91. The predicted molar refractivity (Wildman–Crippen MR) is 71.8 cm³/mol. The zero-order valence-electron chi connectivity index (χ0n) is 11.6. The summed E-state index contributed by atoms with van der Waals surface area (Å²) in [4.78, 5) is -0.103. The second-order valence-electron chi connectivity index (χ2n) is 5.60. The minimum atomic E-state index is -3.82. The average molecular weight is 289 g/mol. The van der Waals surface area contributed by atoms with E-state index in [0.29, 0.717) is 0 Å². The molecule has 1 aromatic carbocycles. The molecular weight excluding hydrogens is 269 g/mol. The van der Waals surface area contributed by atoms with Gasteiger partial charge in [0, 0.05) is 12.1 Å². The van der Waals surface area contributed by atoms with Crippen LogP contribution in [0.4, 0.5) is 4.39 Å². The number of nitrogens with one attached hydrogen (secondary N) is 1. The van der Waals surface area contributed by atoms with Crippen LogP contribution in [0.1, 0.15) is 26.3 Å². The van der Waals surface area contributed by atoms with Gasteiger partial charge in [-0.2, -0.15) is 0 Å². The summed E-state index contributed by atoms with van der Waals surface area (Å²) in [6.45, 7) is 6.71. The summed E-state index contributed by atoms with van der Waals surface area (Å²) in [5.74, 6) is -0.570. The molecule has 1 aromatic rings. The summed E-state index contributed by atoms with van der Waals surface area (Å²) in [5.41, 5.74) is -0.361. The van der Waals surface area contributed by atoms with Crippen LogP contribution in [-0.4, -0.2) is 26.2 Å². The number of rotatable bonds is 4. The first-order valence-corrected chi connectivity index (χ1v) is 7.47. The highest BCUT2D eigenvalue weighted by Crippen LogP contribution is 2.20. The van der Waals surface area contributed by atoms with Crippen molar-refractivity contribution in [3.63, 3.8) is 0 Å². The van der Waals surface area contributed by atoms with Crippen molar-refractivity contribution in [1.29, 1.82) is 0 Å². The summed E-state index contributed by atoms with van der Waals surface area (Å²) in [6.07, 6.45) is -0.823. The fraction of sp³-hybridized carbons (Fsp3) is 0.538. The van der Waals surface area contributed by atoms with Crippen LogP contribution in [0.3, 0.4) is 0 Å². The normalized spacial score (nSPS) is 14.4. The molecule has 1 atom stereocenters. The van der Waals surface area contributed by atoms with E-state index in [1.807, 2.05) is 0 Å². The minimum Gasteiger partial charge on any atom is -0.391 e. The Labute approximate surface area is 113 Å². The van der Waals surface area contributed by atoms with Gasteiger partial charge in [-0.25, -0.2) is 17.5 Å². The third-order valence-electron chi connectivity index (χ3n) is 2.97. The monoisotopic (exact) mass is 289 g/mol. The summed E-state index contributed by atoms with van der Waals surface area (Å²) in [5, 5.41) is 9.82. The van der Waals surface area contributed by atoms with Crippen molar-refractivity contribution in [2.24, 2.45) is 5.41 Å². The quantitative estimate of drug-likeness (QED) is 0.888. The van der Waals surface area contributed by atoms with Crippen molar-refractivity contribution in [3.05, 3.63) is 29.6 Å². The van der Waals surface area contributed by atoms with Crippen LogP contribution in [0.2, 0.25) is 0 Å². The molecule has 0 bridgehead atoms. The SMILES string of the molecule is Cc1c(F)cccc1S(=O)(=O)NCC(O)C(C)(C)C. The van der Waals surface area contributed by atoms with Crippen LogP contribution in [0, 0.1) is 18.2 Å². The molecule has 0 aliphatic heterocycles. The first kappa shape index (κ1) is 16.1. The Morgan fingerprint density at radius 3 is 2.47 bits per heavy atom. The van der Waals surface area contributed by atoms with Crippen LogP contribution in [0.15, 0.2) is 23.1 Å². The van der Waals surface area contributed by atoms with Crippen molar-refractivity contribution >= 4 is 10.0 Å². The van der Waals surface area contributed by atoms with Gasteiger partial charge in [0.15, 0.2) is 0 Å². The molecule has 0 saturated carbocycles. The zero-order chi connectivity index (χ0) is 14.8. The smallest absolute Gasteiger partial charge is 0.241 e. The van der Waals surface area contributed by atoms with Gasteiger partial charge in [0.1, 0.15) is 5.82 Å². The molecule has 2 N–H and O–H groups in total. The van der Waals surface area contributed by atoms with E-state index in [0.717, 1.165) is 0 Å². The van der Waals surface area contributed by atoms with E-state index in [1.54, 1.807) is 20.8 Å². The van der Waals surface area contributed by atoms with Crippen molar-refractivity contribution in [2.75, 3.05) is 6.54 Å². The fourth-order valence-corrected chi connectivity index (χ4v) is 2.74. The maximum absolute atomic E-state index is 13.4. The maximum Gasteiger partial charge on any atom is 0.241 e. The lowest BCUT2D eigenvalue weighted by atomic mass is 9.89. The molecule has 0 aromatic heterocycles. The van der Waals surface area contributed by atoms with Gasteiger partial charge in [-0.1, -0.05) is 26.8 Å². The predicted octanol–water partition coefficient (Wildman–Crippen LogP) is 1.82. The highest BCUT2D eigenvalue weighted by Gasteiger charge is 2.25. The summed E-state index contributed by atoms with van der Waals surface area (Å²) >= 11 is 0. The van der Waals surface area contributed by atoms with Crippen molar-refractivity contribution in [1.82, 2.24) is 4.72 Å².